The van der Waals surface area contributed by atoms with E-state index in [0.29, 0.717) is 18.6 Å². The highest BCUT2D eigenvalue weighted by molar-refractivity contribution is 9.10. The Hall–Kier alpha value is -0.830. The maximum atomic E-state index is 5.61. The molecule has 0 saturated heterocycles. The lowest BCUT2D eigenvalue weighted by Gasteiger charge is -2.06. The maximum Gasteiger partial charge on any atom is 0.217 e. The van der Waals surface area contributed by atoms with E-state index in [1.165, 1.54) is 0 Å². The number of nitrogens with zero attached hydrogens (tertiary/aromatic N) is 1. The largest absolute Gasteiger partial charge is 0.475 e. The van der Waals surface area contributed by atoms with Crippen molar-refractivity contribution in [2.75, 3.05) is 6.61 Å². The Morgan fingerprint density at radius 2 is 2.13 bits per heavy atom. The summed E-state index contributed by atoms with van der Waals surface area (Å²) in [5.41, 5.74) is 1.04. The van der Waals surface area contributed by atoms with Gasteiger partial charge < -0.3 is 4.74 Å². The van der Waals surface area contributed by atoms with Crippen LogP contribution in [0.4, 0.5) is 0 Å². The summed E-state index contributed by atoms with van der Waals surface area (Å²) in [5, 5.41) is 0. The van der Waals surface area contributed by atoms with Gasteiger partial charge in [0, 0.05) is 4.47 Å². The first kappa shape index (κ1) is 10.7. The third kappa shape index (κ3) is 2.23. The average Bonchev–Trinajstić information content (AvgIpc) is 2.67. The second-order valence-electron chi connectivity index (χ2n) is 4.04. The van der Waals surface area contributed by atoms with Crippen LogP contribution in [-0.4, -0.2) is 18.5 Å². The van der Waals surface area contributed by atoms with Gasteiger partial charge in [-0.2, -0.15) is 0 Å². The molecule has 1 aliphatic rings. The van der Waals surface area contributed by atoms with Gasteiger partial charge in [0.25, 0.3) is 0 Å². The third-order valence-electron chi connectivity index (χ3n) is 2.55. The van der Waals surface area contributed by atoms with Crippen LogP contribution in [0.5, 0.6) is 0 Å². The number of halogens is 1. The Balaban J connectivity index is 2.27. The molecule has 0 aromatic heterocycles. The lowest BCUT2D eigenvalue weighted by Crippen LogP contribution is -2.13. The van der Waals surface area contributed by atoms with Crippen molar-refractivity contribution in [1.29, 1.82) is 0 Å². The minimum atomic E-state index is 0.298. The smallest absolute Gasteiger partial charge is 0.217 e. The van der Waals surface area contributed by atoms with Gasteiger partial charge in [0.15, 0.2) is 0 Å². The minimum Gasteiger partial charge on any atom is -0.475 e. The molecule has 15 heavy (non-hydrogen) atoms. The number of ether oxygens (including phenoxy) is 1. The molecule has 0 radical (unpaired) electrons. The van der Waals surface area contributed by atoms with Gasteiger partial charge in [-0.3, -0.25) is 0 Å². The van der Waals surface area contributed by atoms with Crippen LogP contribution in [0.25, 0.3) is 0 Å². The Morgan fingerprint density at radius 1 is 1.40 bits per heavy atom. The predicted molar refractivity (Wildman–Crippen MR) is 65.3 cm³/mol. The molecule has 0 saturated carbocycles. The summed E-state index contributed by atoms with van der Waals surface area (Å²) in [4.78, 5) is 4.58. The molecular weight excluding hydrogens is 254 g/mol. The lowest BCUT2D eigenvalue weighted by atomic mass is 10.1. The number of rotatable bonds is 2. The molecule has 0 fully saturated rings. The second kappa shape index (κ2) is 4.35. The molecule has 1 aromatic carbocycles. The van der Waals surface area contributed by atoms with Crippen LogP contribution in [0, 0.1) is 5.92 Å². The fourth-order valence-corrected chi connectivity index (χ4v) is 1.97. The van der Waals surface area contributed by atoms with Gasteiger partial charge in [0.05, 0.1) is 11.6 Å². The van der Waals surface area contributed by atoms with Crippen molar-refractivity contribution in [2.45, 2.75) is 19.9 Å². The van der Waals surface area contributed by atoms with Crippen molar-refractivity contribution in [1.82, 2.24) is 0 Å². The molecule has 1 aromatic rings. The average molecular weight is 268 g/mol. The maximum absolute atomic E-state index is 5.61. The van der Waals surface area contributed by atoms with E-state index in [1.807, 2.05) is 24.3 Å². The number of hydrogen-bond acceptors (Lipinski definition) is 2. The quantitative estimate of drug-likeness (QED) is 0.806. The van der Waals surface area contributed by atoms with E-state index < -0.39 is 0 Å². The van der Waals surface area contributed by atoms with E-state index in [2.05, 4.69) is 34.8 Å². The van der Waals surface area contributed by atoms with Crippen LogP contribution in [-0.2, 0) is 4.74 Å². The first-order valence-electron chi connectivity index (χ1n) is 5.14. The summed E-state index contributed by atoms with van der Waals surface area (Å²) in [6.45, 7) is 5.04. The van der Waals surface area contributed by atoms with E-state index in [0.717, 1.165) is 15.9 Å². The van der Waals surface area contributed by atoms with Crippen molar-refractivity contribution in [2.24, 2.45) is 10.9 Å². The molecule has 0 unspecified atom stereocenters. The molecule has 1 heterocycles. The molecular formula is C12H14BrNO. The molecule has 80 valence electrons. The van der Waals surface area contributed by atoms with Crippen molar-refractivity contribution in [3.63, 3.8) is 0 Å². The van der Waals surface area contributed by atoms with Crippen LogP contribution in [0.15, 0.2) is 33.7 Å². The van der Waals surface area contributed by atoms with Gasteiger partial charge in [0.1, 0.15) is 6.61 Å². The fourth-order valence-electron chi connectivity index (χ4n) is 1.51. The number of hydrogen-bond donors (Lipinski definition) is 0. The number of aliphatic imine (C=N–C) groups is 1. The Kier molecular flexibility index (Phi) is 3.10. The zero-order chi connectivity index (χ0) is 10.8. The molecule has 0 bridgehead atoms. The first-order valence-corrected chi connectivity index (χ1v) is 5.93. The highest BCUT2D eigenvalue weighted by Gasteiger charge is 2.23. The van der Waals surface area contributed by atoms with Crippen molar-refractivity contribution in [3.8, 4) is 0 Å². The topological polar surface area (TPSA) is 21.6 Å². The van der Waals surface area contributed by atoms with Crippen LogP contribution < -0.4 is 0 Å². The second-order valence-corrected chi connectivity index (χ2v) is 4.89. The van der Waals surface area contributed by atoms with E-state index in [9.17, 15) is 0 Å². The van der Waals surface area contributed by atoms with Crippen molar-refractivity contribution < 1.29 is 4.74 Å². The van der Waals surface area contributed by atoms with Gasteiger partial charge >= 0.3 is 0 Å². The van der Waals surface area contributed by atoms with Crippen LogP contribution in [0.3, 0.4) is 0 Å². The molecule has 2 nitrogen and oxygen atoms in total. The van der Waals surface area contributed by atoms with Crippen LogP contribution >= 0.6 is 15.9 Å². The Bertz CT molecular complexity index is 387. The van der Waals surface area contributed by atoms with Gasteiger partial charge in [0.2, 0.25) is 5.90 Å². The Morgan fingerprint density at radius 3 is 2.73 bits per heavy atom. The van der Waals surface area contributed by atoms with Crippen molar-refractivity contribution in [3.05, 3.63) is 34.3 Å². The normalized spacial score (nSPS) is 20.3. The SMILES string of the molecule is CC(C)[C@@H]1COC(c2ccccc2Br)=N1. The molecule has 0 spiro atoms. The van der Waals surface area contributed by atoms with Gasteiger partial charge in [-0.15, -0.1) is 0 Å². The predicted octanol–water partition coefficient (Wildman–Crippen LogP) is 3.25. The molecule has 3 heteroatoms. The summed E-state index contributed by atoms with van der Waals surface area (Å²) >= 11 is 3.50. The summed E-state index contributed by atoms with van der Waals surface area (Å²) in [6.07, 6.45) is 0. The van der Waals surface area contributed by atoms with Crippen molar-refractivity contribution >= 4 is 21.8 Å². The first-order chi connectivity index (χ1) is 7.18. The van der Waals surface area contributed by atoms with Gasteiger partial charge in [-0.25, -0.2) is 4.99 Å². The summed E-state index contributed by atoms with van der Waals surface area (Å²) in [7, 11) is 0. The van der Waals surface area contributed by atoms with Gasteiger partial charge in [-0.05, 0) is 34.0 Å². The summed E-state index contributed by atoms with van der Waals surface area (Å²) < 4.78 is 6.65. The summed E-state index contributed by atoms with van der Waals surface area (Å²) in [6, 6.07) is 8.31. The zero-order valence-corrected chi connectivity index (χ0v) is 10.5. The standard InChI is InChI=1S/C12H14BrNO/c1-8(2)11-7-15-12(14-11)9-5-3-4-6-10(9)13/h3-6,8,11H,7H2,1-2H3/t11-/m0/s1. The highest BCUT2D eigenvalue weighted by Crippen LogP contribution is 2.22. The van der Waals surface area contributed by atoms with E-state index in [4.69, 9.17) is 4.74 Å². The van der Waals surface area contributed by atoms with E-state index >= 15 is 0 Å². The molecule has 0 amide bonds. The number of benzene rings is 1. The minimum absolute atomic E-state index is 0.298. The zero-order valence-electron chi connectivity index (χ0n) is 8.90. The fraction of sp³-hybridized carbons (Fsp3) is 0.417. The lowest BCUT2D eigenvalue weighted by molar-refractivity contribution is 0.292. The summed E-state index contributed by atoms with van der Waals surface area (Å²) in [5.74, 6) is 1.30. The molecule has 0 N–H and O–H groups in total. The van der Waals surface area contributed by atoms with E-state index in [1.54, 1.807) is 0 Å². The monoisotopic (exact) mass is 267 g/mol. The Labute approximate surface area is 98.5 Å². The molecule has 1 aliphatic heterocycles. The van der Waals surface area contributed by atoms with Crippen LogP contribution in [0.2, 0.25) is 0 Å². The van der Waals surface area contributed by atoms with Gasteiger partial charge in [-0.1, -0.05) is 26.0 Å². The molecule has 2 rings (SSSR count). The molecule has 0 aliphatic carbocycles. The van der Waals surface area contributed by atoms with Crippen LogP contribution in [0.1, 0.15) is 19.4 Å². The third-order valence-corrected chi connectivity index (χ3v) is 3.24. The highest BCUT2D eigenvalue weighted by atomic mass is 79.9. The molecule has 1 atom stereocenters. The van der Waals surface area contributed by atoms with E-state index in [-0.39, 0.29) is 0 Å².